The van der Waals surface area contributed by atoms with Gasteiger partial charge in [0.2, 0.25) is 11.8 Å². The van der Waals surface area contributed by atoms with Gasteiger partial charge in [0.05, 0.1) is 0 Å². The van der Waals surface area contributed by atoms with E-state index in [2.05, 4.69) is 5.32 Å². The zero-order valence-electron chi connectivity index (χ0n) is 12.8. The summed E-state index contributed by atoms with van der Waals surface area (Å²) < 4.78 is 0. The number of fused-ring (bicyclic) bond motifs is 2. The lowest BCUT2D eigenvalue weighted by molar-refractivity contribution is -0.121. The molecule has 0 aromatic heterocycles. The highest BCUT2D eigenvalue weighted by molar-refractivity contribution is 5.97. The van der Waals surface area contributed by atoms with Gasteiger partial charge in [0.1, 0.15) is 0 Å². The summed E-state index contributed by atoms with van der Waals surface area (Å²) in [5.74, 6) is 1.90. The first-order valence-electron chi connectivity index (χ1n) is 8.42. The van der Waals surface area contributed by atoms with Crippen molar-refractivity contribution in [3.8, 4) is 0 Å². The number of nitrogens with zero attached hydrogens (tertiary/aromatic N) is 1. The molecule has 1 aliphatic heterocycles. The van der Waals surface area contributed by atoms with Crippen LogP contribution in [0, 0.1) is 17.8 Å². The number of nitrogens with one attached hydrogen (secondary N) is 1. The third kappa shape index (κ3) is 2.40. The number of benzene rings is 1. The minimum atomic E-state index is 0.164. The zero-order chi connectivity index (χ0) is 15.1. The summed E-state index contributed by atoms with van der Waals surface area (Å²) in [6.45, 7) is 0.780. The van der Waals surface area contributed by atoms with Crippen LogP contribution in [0.15, 0.2) is 24.3 Å². The van der Waals surface area contributed by atoms with Crippen LogP contribution in [0.3, 0.4) is 0 Å². The molecule has 1 N–H and O–H groups in total. The van der Waals surface area contributed by atoms with Crippen LogP contribution in [0.25, 0.3) is 0 Å². The van der Waals surface area contributed by atoms with Crippen LogP contribution in [-0.2, 0) is 9.59 Å². The van der Waals surface area contributed by atoms with Crippen molar-refractivity contribution in [1.82, 2.24) is 0 Å². The number of carbonyl (C=O) groups excluding carboxylic acids is 2. The van der Waals surface area contributed by atoms with Crippen molar-refractivity contribution in [2.75, 3.05) is 16.8 Å². The Balaban J connectivity index is 1.46. The van der Waals surface area contributed by atoms with Crippen LogP contribution < -0.4 is 10.2 Å². The van der Waals surface area contributed by atoms with E-state index in [0.717, 1.165) is 36.7 Å². The first-order valence-corrected chi connectivity index (χ1v) is 8.42. The second-order valence-corrected chi connectivity index (χ2v) is 6.97. The van der Waals surface area contributed by atoms with Gasteiger partial charge < -0.3 is 10.2 Å². The molecule has 0 radical (unpaired) electrons. The Morgan fingerprint density at radius 2 is 2.14 bits per heavy atom. The molecule has 2 aliphatic carbocycles. The van der Waals surface area contributed by atoms with Gasteiger partial charge in [-0.1, -0.05) is 12.5 Å². The number of amides is 2. The van der Waals surface area contributed by atoms with E-state index >= 15 is 0 Å². The van der Waals surface area contributed by atoms with Crippen molar-refractivity contribution in [3.63, 3.8) is 0 Å². The molecule has 22 heavy (non-hydrogen) atoms. The van der Waals surface area contributed by atoms with Crippen molar-refractivity contribution in [2.45, 2.75) is 38.5 Å². The van der Waals surface area contributed by atoms with Crippen LogP contribution in [0.2, 0.25) is 0 Å². The summed E-state index contributed by atoms with van der Waals surface area (Å²) in [5.41, 5.74) is 1.71. The molecule has 3 fully saturated rings. The Hall–Kier alpha value is -1.84. The molecule has 0 spiro atoms. The predicted molar refractivity (Wildman–Crippen MR) is 85.6 cm³/mol. The van der Waals surface area contributed by atoms with E-state index < -0.39 is 0 Å². The van der Waals surface area contributed by atoms with Crippen molar-refractivity contribution in [3.05, 3.63) is 24.3 Å². The molecule has 2 bridgehead atoms. The molecule has 2 saturated carbocycles. The van der Waals surface area contributed by atoms with Gasteiger partial charge in [-0.15, -0.1) is 0 Å². The predicted octanol–water partition coefficient (Wildman–Crippen LogP) is 3.19. The third-order valence-electron chi connectivity index (χ3n) is 5.57. The minimum Gasteiger partial charge on any atom is -0.326 e. The highest BCUT2D eigenvalue weighted by Gasteiger charge is 2.43. The summed E-state index contributed by atoms with van der Waals surface area (Å²) in [6, 6.07) is 7.69. The fourth-order valence-electron chi connectivity index (χ4n) is 4.47. The number of anilines is 2. The van der Waals surface area contributed by atoms with Crippen molar-refractivity contribution in [1.29, 1.82) is 0 Å². The topological polar surface area (TPSA) is 49.4 Å². The second kappa shape index (κ2) is 5.41. The fraction of sp³-hybridized carbons (Fsp3) is 0.556. The molecule has 116 valence electrons. The van der Waals surface area contributed by atoms with Crippen molar-refractivity contribution < 1.29 is 9.59 Å². The first-order chi connectivity index (χ1) is 10.7. The largest absolute Gasteiger partial charge is 0.326 e. The molecule has 3 aliphatic rings. The molecular weight excluding hydrogens is 276 g/mol. The van der Waals surface area contributed by atoms with Crippen molar-refractivity contribution in [2.24, 2.45) is 17.8 Å². The quantitative estimate of drug-likeness (QED) is 0.931. The van der Waals surface area contributed by atoms with Gasteiger partial charge in [-0.3, -0.25) is 9.59 Å². The molecule has 1 saturated heterocycles. The number of rotatable bonds is 3. The lowest BCUT2D eigenvalue weighted by atomic mass is 9.88. The van der Waals surface area contributed by atoms with Gasteiger partial charge in [-0.25, -0.2) is 0 Å². The molecule has 4 rings (SSSR count). The highest BCUT2D eigenvalue weighted by Crippen LogP contribution is 2.48. The van der Waals surface area contributed by atoms with Gasteiger partial charge in [-0.2, -0.15) is 0 Å². The molecule has 4 nitrogen and oxygen atoms in total. The van der Waals surface area contributed by atoms with E-state index in [1.165, 1.54) is 19.3 Å². The average Bonchev–Trinajstić information content (AvgIpc) is 3.23. The molecule has 2 amide bonds. The van der Waals surface area contributed by atoms with E-state index in [1.54, 1.807) is 0 Å². The summed E-state index contributed by atoms with van der Waals surface area (Å²) >= 11 is 0. The Labute approximate surface area is 130 Å². The summed E-state index contributed by atoms with van der Waals surface area (Å²) in [5, 5.41) is 3.07. The maximum atomic E-state index is 12.5. The molecular formula is C18H22N2O2. The summed E-state index contributed by atoms with van der Waals surface area (Å²) in [7, 11) is 0. The maximum absolute atomic E-state index is 12.5. The lowest BCUT2D eigenvalue weighted by Crippen LogP contribution is -2.27. The van der Waals surface area contributed by atoms with E-state index in [9.17, 15) is 9.59 Å². The van der Waals surface area contributed by atoms with E-state index in [1.807, 2.05) is 29.2 Å². The van der Waals surface area contributed by atoms with Gasteiger partial charge in [0.15, 0.2) is 0 Å². The Bertz CT molecular complexity index is 613. The second-order valence-electron chi connectivity index (χ2n) is 6.97. The van der Waals surface area contributed by atoms with Gasteiger partial charge >= 0.3 is 0 Å². The Morgan fingerprint density at radius 3 is 2.82 bits per heavy atom. The highest BCUT2D eigenvalue weighted by atomic mass is 16.2. The SMILES string of the molecule is O=C(Nc1cccc(N2CCCC2=O)c1)C1CC2CCC1C2. The van der Waals surface area contributed by atoms with Gasteiger partial charge in [0, 0.05) is 30.3 Å². The monoisotopic (exact) mass is 298 g/mol. The van der Waals surface area contributed by atoms with Crippen LogP contribution in [0.5, 0.6) is 0 Å². The fourth-order valence-corrected chi connectivity index (χ4v) is 4.47. The van der Waals surface area contributed by atoms with Crippen molar-refractivity contribution >= 4 is 23.2 Å². The Morgan fingerprint density at radius 1 is 1.23 bits per heavy atom. The number of hydrogen-bond donors (Lipinski definition) is 1. The van der Waals surface area contributed by atoms with Crippen LogP contribution in [0.1, 0.15) is 38.5 Å². The standard InChI is InChI=1S/C18H22N2O2/c21-17-5-2-8-20(17)15-4-1-3-14(11-15)19-18(22)16-10-12-6-7-13(16)9-12/h1,3-4,11-13,16H,2,5-10H2,(H,19,22). The maximum Gasteiger partial charge on any atom is 0.227 e. The Kier molecular flexibility index (Phi) is 3.40. The average molecular weight is 298 g/mol. The molecule has 1 heterocycles. The number of carbonyl (C=O) groups is 2. The zero-order valence-corrected chi connectivity index (χ0v) is 12.8. The smallest absolute Gasteiger partial charge is 0.227 e. The lowest BCUT2D eigenvalue weighted by Gasteiger charge is -2.21. The minimum absolute atomic E-state index is 0.164. The van der Waals surface area contributed by atoms with Crippen LogP contribution >= 0.6 is 0 Å². The summed E-state index contributed by atoms with van der Waals surface area (Å²) in [6.07, 6.45) is 6.36. The van der Waals surface area contributed by atoms with E-state index in [0.29, 0.717) is 12.3 Å². The molecule has 1 aromatic carbocycles. The molecule has 3 atom stereocenters. The third-order valence-corrected chi connectivity index (χ3v) is 5.57. The van der Waals surface area contributed by atoms with Crippen LogP contribution in [0.4, 0.5) is 11.4 Å². The van der Waals surface area contributed by atoms with Gasteiger partial charge in [-0.05, 0) is 55.7 Å². The molecule has 4 heteroatoms. The number of hydrogen-bond acceptors (Lipinski definition) is 2. The van der Waals surface area contributed by atoms with E-state index in [4.69, 9.17) is 0 Å². The molecule has 1 aromatic rings. The van der Waals surface area contributed by atoms with Crippen LogP contribution in [-0.4, -0.2) is 18.4 Å². The van der Waals surface area contributed by atoms with Gasteiger partial charge in [0.25, 0.3) is 0 Å². The first kappa shape index (κ1) is 13.8. The normalized spacial score (nSPS) is 30.1. The summed E-state index contributed by atoms with van der Waals surface area (Å²) in [4.78, 5) is 26.2. The molecule has 3 unspecified atom stereocenters. The van der Waals surface area contributed by atoms with E-state index in [-0.39, 0.29) is 17.7 Å².